The minimum atomic E-state index is -1.57. The molecule has 0 aromatic carbocycles. The molecule has 62 valence electrons. The van der Waals surface area contributed by atoms with E-state index in [1.54, 1.807) is 0 Å². The number of imide groups is 1. The van der Waals surface area contributed by atoms with Crippen LogP contribution in [-0.4, -0.2) is 25.8 Å². The Morgan fingerprint density at radius 1 is 1.36 bits per heavy atom. The van der Waals surface area contributed by atoms with Gasteiger partial charge in [0.15, 0.2) is 0 Å². The smallest absolute Gasteiger partial charge is 0.269 e. The van der Waals surface area contributed by atoms with Gasteiger partial charge < -0.3 is 0 Å². The molecule has 0 N–H and O–H groups in total. The maximum absolute atomic E-state index is 11.0. The van der Waals surface area contributed by atoms with E-state index in [0.29, 0.717) is 8.84 Å². The van der Waals surface area contributed by atoms with Crippen molar-refractivity contribution in [2.75, 3.05) is 0 Å². The SMILES string of the molecule is CC1(Cl)C(=O)N(Cl)C(=O)N1Cl. The van der Waals surface area contributed by atoms with Crippen molar-refractivity contribution >= 4 is 47.1 Å². The molecule has 1 fully saturated rings. The number of hydrogen-bond donors (Lipinski definition) is 0. The van der Waals surface area contributed by atoms with Gasteiger partial charge in [-0.1, -0.05) is 11.6 Å². The summed E-state index contributed by atoms with van der Waals surface area (Å²) in [6.07, 6.45) is 0. The number of urea groups is 1. The highest BCUT2D eigenvalue weighted by atomic mass is 35.5. The van der Waals surface area contributed by atoms with Gasteiger partial charge in [-0.15, -0.1) is 0 Å². The van der Waals surface area contributed by atoms with Crippen molar-refractivity contribution < 1.29 is 9.59 Å². The lowest BCUT2D eigenvalue weighted by Crippen LogP contribution is -2.35. The summed E-state index contributed by atoms with van der Waals surface area (Å²) in [7, 11) is 0. The topological polar surface area (TPSA) is 40.6 Å². The highest BCUT2D eigenvalue weighted by molar-refractivity contribution is 6.49. The zero-order chi connectivity index (χ0) is 8.81. The summed E-state index contributed by atoms with van der Waals surface area (Å²) in [6, 6.07) is -0.837. The molecule has 1 heterocycles. The number of carbonyl (C=O) groups is 2. The first-order valence-electron chi connectivity index (χ1n) is 2.58. The van der Waals surface area contributed by atoms with Crippen LogP contribution < -0.4 is 0 Å². The van der Waals surface area contributed by atoms with Crippen LogP contribution in [0.4, 0.5) is 4.79 Å². The first kappa shape index (κ1) is 8.90. The van der Waals surface area contributed by atoms with E-state index in [1.807, 2.05) is 0 Å². The van der Waals surface area contributed by atoms with E-state index in [1.165, 1.54) is 6.92 Å². The first-order valence-corrected chi connectivity index (χ1v) is 3.63. The minimum Gasteiger partial charge on any atom is -0.269 e. The van der Waals surface area contributed by atoms with Crippen LogP contribution in [0.5, 0.6) is 0 Å². The largest absolute Gasteiger partial charge is 0.358 e. The Hall–Kier alpha value is -0.190. The highest BCUT2D eigenvalue weighted by Gasteiger charge is 2.53. The average Bonchev–Trinajstić information content (AvgIpc) is 2.06. The molecular formula is C4H3Cl3N2O2. The van der Waals surface area contributed by atoms with Crippen LogP contribution >= 0.6 is 35.2 Å². The number of rotatable bonds is 0. The van der Waals surface area contributed by atoms with E-state index in [0.717, 1.165) is 0 Å². The molecule has 0 spiro atoms. The fourth-order valence-electron chi connectivity index (χ4n) is 0.607. The van der Waals surface area contributed by atoms with Crippen LogP contribution in [-0.2, 0) is 4.79 Å². The second kappa shape index (κ2) is 2.40. The molecule has 0 aromatic rings. The predicted octanol–water partition coefficient (Wildman–Crippen LogP) is 1.51. The molecule has 0 radical (unpaired) electrons. The Kier molecular flexibility index (Phi) is 1.94. The van der Waals surface area contributed by atoms with Crippen LogP contribution in [0.3, 0.4) is 0 Å². The van der Waals surface area contributed by atoms with E-state index in [9.17, 15) is 9.59 Å². The molecule has 0 aliphatic carbocycles. The van der Waals surface area contributed by atoms with Gasteiger partial charge >= 0.3 is 6.03 Å². The zero-order valence-corrected chi connectivity index (χ0v) is 7.61. The lowest BCUT2D eigenvalue weighted by atomic mass is 10.3. The molecule has 1 saturated heterocycles. The quantitative estimate of drug-likeness (QED) is 0.267. The summed E-state index contributed by atoms with van der Waals surface area (Å²) < 4.78 is 0.893. The van der Waals surface area contributed by atoms with Crippen molar-refractivity contribution in [1.29, 1.82) is 0 Å². The maximum atomic E-state index is 11.0. The number of nitrogens with zero attached hydrogens (tertiary/aromatic N) is 2. The zero-order valence-electron chi connectivity index (χ0n) is 5.34. The fourth-order valence-corrected chi connectivity index (χ4v) is 1.23. The molecule has 11 heavy (non-hydrogen) atoms. The molecule has 0 aromatic heterocycles. The van der Waals surface area contributed by atoms with E-state index >= 15 is 0 Å². The average molecular weight is 217 g/mol. The standard InChI is InChI=1S/C4H3Cl3N2O2/c1-4(5)2(10)8(6)3(11)9(4)7/h1H3. The highest BCUT2D eigenvalue weighted by Crippen LogP contribution is 2.34. The Balaban J connectivity index is 3.06. The van der Waals surface area contributed by atoms with Crippen molar-refractivity contribution in [2.45, 2.75) is 11.9 Å². The van der Waals surface area contributed by atoms with Crippen LogP contribution in [0.25, 0.3) is 0 Å². The van der Waals surface area contributed by atoms with Gasteiger partial charge in [-0.05, 0) is 6.92 Å². The molecule has 0 saturated carbocycles. The van der Waals surface area contributed by atoms with Crippen LogP contribution in [0.1, 0.15) is 6.92 Å². The molecule has 1 rings (SSSR count). The van der Waals surface area contributed by atoms with Crippen molar-refractivity contribution in [3.05, 3.63) is 0 Å². The van der Waals surface area contributed by atoms with Gasteiger partial charge in [-0.2, -0.15) is 4.42 Å². The Morgan fingerprint density at radius 3 is 1.91 bits per heavy atom. The molecule has 4 nitrogen and oxygen atoms in total. The number of amides is 3. The Morgan fingerprint density at radius 2 is 1.82 bits per heavy atom. The molecule has 0 bridgehead atoms. The molecule has 3 amide bonds. The second-order valence-electron chi connectivity index (χ2n) is 2.10. The lowest BCUT2D eigenvalue weighted by Gasteiger charge is -2.15. The molecule has 1 aliphatic heterocycles. The van der Waals surface area contributed by atoms with Crippen molar-refractivity contribution in [3.8, 4) is 0 Å². The normalized spacial score (nSPS) is 32.0. The van der Waals surface area contributed by atoms with Crippen molar-refractivity contribution in [2.24, 2.45) is 0 Å². The molecule has 1 unspecified atom stereocenters. The number of carbonyl (C=O) groups excluding carboxylic acids is 2. The van der Waals surface area contributed by atoms with Gasteiger partial charge in [0, 0.05) is 23.6 Å². The van der Waals surface area contributed by atoms with Gasteiger partial charge in [-0.25, -0.2) is 9.21 Å². The summed E-state index contributed by atoms with van der Waals surface area (Å²) in [6.45, 7) is 1.28. The van der Waals surface area contributed by atoms with E-state index in [4.69, 9.17) is 35.2 Å². The van der Waals surface area contributed by atoms with E-state index in [2.05, 4.69) is 0 Å². The summed E-state index contributed by atoms with van der Waals surface area (Å²) in [5.41, 5.74) is 0. The fraction of sp³-hybridized carbons (Fsp3) is 0.500. The third kappa shape index (κ3) is 1.06. The Labute approximate surface area is 77.8 Å². The monoisotopic (exact) mass is 216 g/mol. The Bertz CT molecular complexity index is 229. The molecular weight excluding hydrogens is 214 g/mol. The summed E-state index contributed by atoms with van der Waals surface area (Å²) in [4.78, 5) is 20.2. The summed E-state index contributed by atoms with van der Waals surface area (Å²) in [5, 5.41) is 0. The third-order valence-corrected chi connectivity index (χ3v) is 2.47. The van der Waals surface area contributed by atoms with Gasteiger partial charge in [0.1, 0.15) is 0 Å². The number of halogens is 3. The number of alkyl halides is 1. The summed E-state index contributed by atoms with van der Waals surface area (Å²) in [5.74, 6) is -0.749. The molecule has 1 aliphatic rings. The lowest BCUT2D eigenvalue weighted by molar-refractivity contribution is -0.125. The van der Waals surface area contributed by atoms with Crippen molar-refractivity contribution in [3.63, 3.8) is 0 Å². The van der Waals surface area contributed by atoms with Crippen LogP contribution in [0, 0.1) is 0 Å². The predicted molar refractivity (Wildman–Crippen MR) is 40.0 cm³/mol. The number of hydrogen-bond acceptors (Lipinski definition) is 2. The molecule has 7 heteroatoms. The molecule has 1 atom stereocenters. The minimum absolute atomic E-state index is 0.347. The van der Waals surface area contributed by atoms with Gasteiger partial charge in [-0.3, -0.25) is 4.79 Å². The van der Waals surface area contributed by atoms with E-state index < -0.39 is 16.9 Å². The second-order valence-corrected chi connectivity index (χ2v) is 3.51. The summed E-state index contributed by atoms with van der Waals surface area (Å²) >= 11 is 16.1. The first-order chi connectivity index (χ1) is 4.89. The van der Waals surface area contributed by atoms with Gasteiger partial charge in [0.2, 0.25) is 5.00 Å². The van der Waals surface area contributed by atoms with Crippen LogP contribution in [0.15, 0.2) is 0 Å². The third-order valence-electron chi connectivity index (χ3n) is 1.27. The van der Waals surface area contributed by atoms with Gasteiger partial charge in [0.05, 0.1) is 0 Å². The van der Waals surface area contributed by atoms with E-state index in [-0.39, 0.29) is 0 Å². The van der Waals surface area contributed by atoms with Gasteiger partial charge in [0.25, 0.3) is 5.91 Å². The van der Waals surface area contributed by atoms with Crippen LogP contribution in [0.2, 0.25) is 0 Å². The maximum Gasteiger partial charge on any atom is 0.358 e. The van der Waals surface area contributed by atoms with Crippen molar-refractivity contribution in [1.82, 2.24) is 8.84 Å².